The predicted octanol–water partition coefficient (Wildman–Crippen LogP) is 3.83. The van der Waals surface area contributed by atoms with Gasteiger partial charge in [0.25, 0.3) is 0 Å². The first kappa shape index (κ1) is 19.7. The largest absolute Gasteiger partial charge is 0.376 e. The Morgan fingerprint density at radius 2 is 1.64 bits per heavy atom. The normalized spacial score (nSPS) is 13.7. The molecule has 1 fully saturated rings. The molecule has 0 atom stereocenters. The molecule has 2 aromatic carbocycles. The Kier molecular flexibility index (Phi) is 6.47. The quantitative estimate of drug-likeness (QED) is 0.708. The second-order valence-electron chi connectivity index (χ2n) is 6.87. The molecule has 0 bridgehead atoms. The second kappa shape index (κ2) is 9.21. The summed E-state index contributed by atoms with van der Waals surface area (Å²) >= 11 is 0. The van der Waals surface area contributed by atoms with Gasteiger partial charge in [-0.05, 0) is 61.7 Å². The van der Waals surface area contributed by atoms with E-state index < -0.39 is 5.82 Å². The molecule has 0 saturated carbocycles. The summed E-state index contributed by atoms with van der Waals surface area (Å²) < 4.78 is 13.7. The van der Waals surface area contributed by atoms with Crippen molar-refractivity contribution in [2.24, 2.45) is 0 Å². The number of amides is 2. The van der Waals surface area contributed by atoms with E-state index in [9.17, 15) is 14.0 Å². The molecule has 2 amide bonds. The van der Waals surface area contributed by atoms with Gasteiger partial charge in [0, 0.05) is 37.1 Å². The van der Waals surface area contributed by atoms with Gasteiger partial charge in [-0.2, -0.15) is 0 Å². The van der Waals surface area contributed by atoms with Gasteiger partial charge in [0.1, 0.15) is 5.82 Å². The second-order valence-corrected chi connectivity index (χ2v) is 6.87. The third kappa shape index (κ3) is 5.45. The molecular formula is C21H25FN4O2. The Morgan fingerprint density at radius 1 is 0.964 bits per heavy atom. The number of hydrogen-bond donors (Lipinski definition) is 3. The summed E-state index contributed by atoms with van der Waals surface area (Å²) in [6, 6.07) is 12.1. The van der Waals surface area contributed by atoms with Crippen molar-refractivity contribution in [1.29, 1.82) is 0 Å². The summed E-state index contributed by atoms with van der Waals surface area (Å²) in [6.45, 7) is 3.49. The molecule has 3 rings (SSSR count). The SMILES string of the molecule is CC(=O)Nc1cc(NCC(=O)Nc2ccc(N3CCCCC3)cc2)ccc1F. The van der Waals surface area contributed by atoms with Gasteiger partial charge in [0.2, 0.25) is 11.8 Å². The number of anilines is 4. The predicted molar refractivity (Wildman–Crippen MR) is 110 cm³/mol. The van der Waals surface area contributed by atoms with Crippen LogP contribution in [-0.2, 0) is 9.59 Å². The van der Waals surface area contributed by atoms with E-state index in [1.54, 1.807) is 0 Å². The third-order valence-electron chi connectivity index (χ3n) is 4.60. The van der Waals surface area contributed by atoms with E-state index in [1.807, 2.05) is 24.3 Å². The van der Waals surface area contributed by atoms with E-state index in [1.165, 1.54) is 50.1 Å². The summed E-state index contributed by atoms with van der Waals surface area (Å²) in [5, 5.41) is 8.18. The molecule has 1 saturated heterocycles. The maximum atomic E-state index is 13.7. The standard InChI is InChI=1S/C21H25FN4O2/c1-15(27)24-20-13-17(7-10-19(20)22)23-14-21(28)25-16-5-8-18(9-6-16)26-11-3-2-4-12-26/h5-10,13,23H,2-4,11-12,14H2,1H3,(H,24,27)(H,25,28). The van der Waals surface area contributed by atoms with E-state index in [2.05, 4.69) is 20.9 Å². The van der Waals surface area contributed by atoms with E-state index in [0.29, 0.717) is 5.69 Å². The van der Waals surface area contributed by atoms with Crippen LogP contribution >= 0.6 is 0 Å². The minimum absolute atomic E-state index is 0.0268. The van der Waals surface area contributed by atoms with Gasteiger partial charge in [-0.1, -0.05) is 0 Å². The van der Waals surface area contributed by atoms with Gasteiger partial charge < -0.3 is 20.9 Å². The Bertz CT molecular complexity index is 833. The zero-order valence-electron chi connectivity index (χ0n) is 15.9. The molecule has 3 N–H and O–H groups in total. The molecule has 1 aliphatic heterocycles. The van der Waals surface area contributed by atoms with Gasteiger partial charge in [-0.15, -0.1) is 0 Å². The average Bonchev–Trinajstić information content (AvgIpc) is 2.69. The molecule has 0 aliphatic carbocycles. The molecule has 0 aromatic heterocycles. The first-order valence-electron chi connectivity index (χ1n) is 9.47. The van der Waals surface area contributed by atoms with Gasteiger partial charge in [0.05, 0.1) is 12.2 Å². The van der Waals surface area contributed by atoms with Crippen molar-refractivity contribution < 1.29 is 14.0 Å². The van der Waals surface area contributed by atoms with E-state index in [4.69, 9.17) is 0 Å². The molecule has 0 unspecified atom stereocenters. The molecular weight excluding hydrogens is 359 g/mol. The van der Waals surface area contributed by atoms with Crippen molar-refractivity contribution in [3.63, 3.8) is 0 Å². The minimum atomic E-state index is -0.529. The minimum Gasteiger partial charge on any atom is -0.376 e. The number of benzene rings is 2. The first-order chi connectivity index (χ1) is 13.5. The van der Waals surface area contributed by atoms with E-state index in [0.717, 1.165) is 18.8 Å². The first-order valence-corrected chi connectivity index (χ1v) is 9.47. The molecule has 0 radical (unpaired) electrons. The van der Waals surface area contributed by atoms with Crippen molar-refractivity contribution in [2.45, 2.75) is 26.2 Å². The molecule has 1 aliphatic rings. The third-order valence-corrected chi connectivity index (χ3v) is 4.60. The summed E-state index contributed by atoms with van der Waals surface area (Å²) in [5.74, 6) is -1.10. The number of carbonyl (C=O) groups excluding carboxylic acids is 2. The fourth-order valence-electron chi connectivity index (χ4n) is 3.22. The number of hydrogen-bond acceptors (Lipinski definition) is 4. The van der Waals surface area contributed by atoms with Crippen molar-refractivity contribution in [2.75, 3.05) is 40.5 Å². The zero-order valence-corrected chi connectivity index (χ0v) is 15.9. The number of nitrogens with zero attached hydrogens (tertiary/aromatic N) is 1. The monoisotopic (exact) mass is 384 g/mol. The highest BCUT2D eigenvalue weighted by molar-refractivity contribution is 5.94. The number of carbonyl (C=O) groups is 2. The Labute approximate surface area is 164 Å². The smallest absolute Gasteiger partial charge is 0.243 e. The van der Waals surface area contributed by atoms with Crippen LogP contribution in [0.4, 0.5) is 27.1 Å². The zero-order chi connectivity index (χ0) is 19.9. The summed E-state index contributed by atoms with van der Waals surface area (Å²) in [5.41, 5.74) is 2.52. The lowest BCUT2D eigenvalue weighted by Gasteiger charge is -2.28. The maximum Gasteiger partial charge on any atom is 0.243 e. The van der Waals surface area contributed by atoms with Gasteiger partial charge in [-0.3, -0.25) is 9.59 Å². The van der Waals surface area contributed by atoms with Crippen LogP contribution in [-0.4, -0.2) is 31.4 Å². The highest BCUT2D eigenvalue weighted by Crippen LogP contribution is 2.22. The van der Waals surface area contributed by atoms with Crippen molar-refractivity contribution >= 4 is 34.6 Å². The Morgan fingerprint density at radius 3 is 2.32 bits per heavy atom. The molecule has 2 aromatic rings. The van der Waals surface area contributed by atoms with E-state index in [-0.39, 0.29) is 24.0 Å². The summed E-state index contributed by atoms with van der Waals surface area (Å²) in [7, 11) is 0. The Hall–Kier alpha value is -3.09. The number of rotatable bonds is 6. The fraction of sp³-hybridized carbons (Fsp3) is 0.333. The highest BCUT2D eigenvalue weighted by atomic mass is 19.1. The lowest BCUT2D eigenvalue weighted by atomic mass is 10.1. The molecule has 28 heavy (non-hydrogen) atoms. The van der Waals surface area contributed by atoms with Crippen LogP contribution in [0.1, 0.15) is 26.2 Å². The lowest BCUT2D eigenvalue weighted by Crippen LogP contribution is -2.29. The van der Waals surface area contributed by atoms with Crippen molar-refractivity contribution in [3.05, 3.63) is 48.3 Å². The van der Waals surface area contributed by atoms with Crippen molar-refractivity contribution in [1.82, 2.24) is 0 Å². The van der Waals surface area contributed by atoms with Crippen LogP contribution in [0.2, 0.25) is 0 Å². The molecule has 1 heterocycles. The molecule has 7 heteroatoms. The fourth-order valence-corrected chi connectivity index (χ4v) is 3.22. The lowest BCUT2D eigenvalue weighted by molar-refractivity contribution is -0.115. The van der Waals surface area contributed by atoms with Crippen LogP contribution in [0.3, 0.4) is 0 Å². The van der Waals surface area contributed by atoms with Crippen LogP contribution in [0, 0.1) is 5.82 Å². The number of halogens is 1. The Balaban J connectivity index is 1.52. The van der Waals surface area contributed by atoms with Gasteiger partial charge in [0.15, 0.2) is 0 Å². The molecule has 148 valence electrons. The van der Waals surface area contributed by atoms with Crippen LogP contribution in [0.15, 0.2) is 42.5 Å². The summed E-state index contributed by atoms with van der Waals surface area (Å²) in [6.07, 6.45) is 3.73. The van der Waals surface area contributed by atoms with Crippen LogP contribution in [0.5, 0.6) is 0 Å². The average molecular weight is 384 g/mol. The topological polar surface area (TPSA) is 73.5 Å². The maximum absolute atomic E-state index is 13.7. The number of piperidine rings is 1. The highest BCUT2D eigenvalue weighted by Gasteiger charge is 2.11. The molecule has 6 nitrogen and oxygen atoms in total. The van der Waals surface area contributed by atoms with Gasteiger partial charge >= 0.3 is 0 Å². The molecule has 0 spiro atoms. The van der Waals surface area contributed by atoms with Crippen molar-refractivity contribution in [3.8, 4) is 0 Å². The van der Waals surface area contributed by atoms with Crippen LogP contribution in [0.25, 0.3) is 0 Å². The van der Waals surface area contributed by atoms with E-state index >= 15 is 0 Å². The summed E-state index contributed by atoms with van der Waals surface area (Å²) in [4.78, 5) is 25.6. The van der Waals surface area contributed by atoms with Gasteiger partial charge in [-0.25, -0.2) is 4.39 Å². The number of nitrogens with one attached hydrogen (secondary N) is 3. The van der Waals surface area contributed by atoms with Crippen LogP contribution < -0.4 is 20.9 Å².